The van der Waals surface area contributed by atoms with E-state index in [0.717, 1.165) is 18.4 Å². The topological polar surface area (TPSA) is 40.5 Å². The molecule has 0 radical (unpaired) electrons. The van der Waals surface area contributed by atoms with Gasteiger partial charge in [0.2, 0.25) is 0 Å². The number of hydrogen-bond acceptors (Lipinski definition) is 2. The van der Waals surface area contributed by atoms with Crippen molar-refractivity contribution in [2.24, 2.45) is 0 Å². The Morgan fingerprint density at radius 3 is 2.67 bits per heavy atom. The van der Waals surface area contributed by atoms with Gasteiger partial charge in [0.05, 0.1) is 4.47 Å². The molecule has 0 saturated carbocycles. The zero-order chi connectivity index (χ0) is 8.97. The van der Waals surface area contributed by atoms with Crippen LogP contribution in [0.3, 0.4) is 0 Å². The summed E-state index contributed by atoms with van der Waals surface area (Å²) >= 11 is 3.23. The fourth-order valence-corrected chi connectivity index (χ4v) is 1.42. The Morgan fingerprint density at radius 1 is 1.33 bits per heavy atom. The normalized spacial score (nSPS) is 10.2. The molecule has 3 heteroatoms. The monoisotopic (exact) mass is 230 g/mol. The van der Waals surface area contributed by atoms with Crippen LogP contribution >= 0.6 is 15.9 Å². The van der Waals surface area contributed by atoms with Crippen LogP contribution in [0.5, 0.6) is 5.75 Å². The quantitative estimate of drug-likeness (QED) is 0.835. The molecule has 0 spiro atoms. The molecule has 0 fully saturated rings. The molecule has 2 N–H and O–H groups in total. The minimum atomic E-state index is 0.207. The second kappa shape index (κ2) is 4.48. The summed E-state index contributed by atoms with van der Waals surface area (Å²) in [6, 6.07) is 5.37. The maximum absolute atomic E-state index is 9.17. The molecule has 0 bridgehead atoms. The molecule has 0 aliphatic rings. The van der Waals surface area contributed by atoms with E-state index in [4.69, 9.17) is 5.11 Å². The van der Waals surface area contributed by atoms with Gasteiger partial charge in [-0.3, -0.25) is 0 Å². The molecule has 0 aliphatic carbocycles. The molecule has 66 valence electrons. The van der Waals surface area contributed by atoms with E-state index in [-0.39, 0.29) is 12.4 Å². The molecule has 12 heavy (non-hydrogen) atoms. The van der Waals surface area contributed by atoms with Crippen molar-refractivity contribution in [1.29, 1.82) is 0 Å². The molecule has 0 saturated heterocycles. The highest BCUT2D eigenvalue weighted by Gasteiger charge is 1.98. The van der Waals surface area contributed by atoms with E-state index in [9.17, 15) is 5.11 Å². The number of rotatable bonds is 3. The van der Waals surface area contributed by atoms with E-state index in [0.29, 0.717) is 4.47 Å². The molecule has 0 aliphatic heterocycles. The zero-order valence-corrected chi connectivity index (χ0v) is 8.21. The first-order valence-corrected chi connectivity index (χ1v) is 4.61. The molecule has 0 heterocycles. The molecular weight excluding hydrogens is 220 g/mol. The Hall–Kier alpha value is -0.540. The van der Waals surface area contributed by atoms with Gasteiger partial charge in [0.1, 0.15) is 5.75 Å². The van der Waals surface area contributed by atoms with Gasteiger partial charge in [-0.2, -0.15) is 0 Å². The Morgan fingerprint density at radius 2 is 2.08 bits per heavy atom. The van der Waals surface area contributed by atoms with Gasteiger partial charge in [0.25, 0.3) is 0 Å². The summed E-state index contributed by atoms with van der Waals surface area (Å²) in [7, 11) is 0. The maximum atomic E-state index is 9.17. The number of aromatic hydroxyl groups is 1. The molecule has 1 rings (SSSR count). The third-order valence-electron chi connectivity index (χ3n) is 1.64. The number of benzene rings is 1. The van der Waals surface area contributed by atoms with Crippen molar-refractivity contribution in [3.63, 3.8) is 0 Å². The fourth-order valence-electron chi connectivity index (χ4n) is 0.989. The van der Waals surface area contributed by atoms with E-state index >= 15 is 0 Å². The second-order valence-corrected chi connectivity index (χ2v) is 3.47. The van der Waals surface area contributed by atoms with E-state index in [1.807, 2.05) is 12.1 Å². The average molecular weight is 231 g/mol. The molecule has 0 amide bonds. The number of halogens is 1. The van der Waals surface area contributed by atoms with Crippen LogP contribution in [0.4, 0.5) is 0 Å². The van der Waals surface area contributed by atoms with E-state index in [1.165, 1.54) is 0 Å². The summed E-state index contributed by atoms with van der Waals surface area (Å²) in [5.41, 5.74) is 1.12. The van der Waals surface area contributed by atoms with Crippen LogP contribution in [0.1, 0.15) is 12.0 Å². The molecule has 0 unspecified atom stereocenters. The lowest BCUT2D eigenvalue weighted by Crippen LogP contribution is -1.88. The van der Waals surface area contributed by atoms with Crippen molar-refractivity contribution < 1.29 is 10.2 Å². The van der Waals surface area contributed by atoms with Crippen molar-refractivity contribution >= 4 is 15.9 Å². The highest BCUT2D eigenvalue weighted by Crippen LogP contribution is 2.24. The molecule has 0 aromatic heterocycles. The minimum absolute atomic E-state index is 0.207. The molecular formula is C9H11BrO2. The van der Waals surface area contributed by atoms with Gasteiger partial charge >= 0.3 is 0 Å². The molecule has 0 atom stereocenters. The average Bonchev–Trinajstić information content (AvgIpc) is 2.07. The number of aliphatic hydroxyl groups excluding tert-OH is 1. The van der Waals surface area contributed by atoms with E-state index < -0.39 is 0 Å². The first-order valence-electron chi connectivity index (χ1n) is 3.82. The van der Waals surface area contributed by atoms with Crippen LogP contribution in [-0.2, 0) is 6.42 Å². The minimum Gasteiger partial charge on any atom is -0.507 e. The summed E-state index contributed by atoms with van der Waals surface area (Å²) in [6.07, 6.45) is 1.60. The van der Waals surface area contributed by atoms with Crippen LogP contribution in [0, 0.1) is 0 Å². The number of aliphatic hydroxyl groups is 1. The summed E-state index contributed by atoms with van der Waals surface area (Å²) in [6.45, 7) is 0.207. The van der Waals surface area contributed by atoms with Gasteiger partial charge in [0, 0.05) is 6.61 Å². The van der Waals surface area contributed by atoms with Crippen molar-refractivity contribution in [1.82, 2.24) is 0 Å². The lowest BCUT2D eigenvalue weighted by molar-refractivity contribution is 0.288. The number of aryl methyl sites for hydroxylation is 1. The van der Waals surface area contributed by atoms with Gasteiger partial charge in [-0.25, -0.2) is 0 Å². The van der Waals surface area contributed by atoms with Gasteiger partial charge in [-0.15, -0.1) is 0 Å². The van der Waals surface area contributed by atoms with Gasteiger partial charge < -0.3 is 10.2 Å². The van der Waals surface area contributed by atoms with Crippen LogP contribution in [0.15, 0.2) is 22.7 Å². The Balaban J connectivity index is 2.69. The lowest BCUT2D eigenvalue weighted by atomic mass is 10.1. The molecule has 1 aromatic rings. The first kappa shape index (κ1) is 9.55. The van der Waals surface area contributed by atoms with Gasteiger partial charge in [-0.05, 0) is 46.5 Å². The summed E-state index contributed by atoms with van der Waals surface area (Å²) in [5.74, 6) is 0.253. The van der Waals surface area contributed by atoms with Crippen molar-refractivity contribution in [3.8, 4) is 5.75 Å². The number of phenolic OH excluding ortho intramolecular Hbond substituents is 1. The highest BCUT2D eigenvalue weighted by atomic mass is 79.9. The van der Waals surface area contributed by atoms with Crippen LogP contribution in [0.25, 0.3) is 0 Å². The first-order chi connectivity index (χ1) is 5.74. The lowest BCUT2D eigenvalue weighted by Gasteiger charge is -2.01. The summed E-state index contributed by atoms with van der Waals surface area (Å²) in [5, 5.41) is 17.8. The van der Waals surface area contributed by atoms with Gasteiger partial charge in [0.15, 0.2) is 0 Å². The standard InChI is InChI=1S/C9H11BrO2/c10-8-6-7(2-1-5-11)3-4-9(8)12/h3-4,6,11-12H,1-2,5H2. The van der Waals surface area contributed by atoms with Crippen LogP contribution in [0.2, 0.25) is 0 Å². The van der Waals surface area contributed by atoms with Crippen molar-refractivity contribution in [2.75, 3.05) is 6.61 Å². The summed E-state index contributed by atoms with van der Waals surface area (Å²) in [4.78, 5) is 0. The van der Waals surface area contributed by atoms with Crippen molar-refractivity contribution in [2.45, 2.75) is 12.8 Å². The van der Waals surface area contributed by atoms with Crippen LogP contribution < -0.4 is 0 Å². The van der Waals surface area contributed by atoms with Crippen LogP contribution in [-0.4, -0.2) is 16.8 Å². The third-order valence-corrected chi connectivity index (χ3v) is 2.27. The number of hydrogen-bond donors (Lipinski definition) is 2. The third kappa shape index (κ3) is 2.50. The maximum Gasteiger partial charge on any atom is 0.129 e. The zero-order valence-electron chi connectivity index (χ0n) is 6.63. The van der Waals surface area contributed by atoms with E-state index in [1.54, 1.807) is 6.07 Å². The largest absolute Gasteiger partial charge is 0.507 e. The SMILES string of the molecule is OCCCc1ccc(O)c(Br)c1. The molecule has 1 aromatic carbocycles. The smallest absolute Gasteiger partial charge is 0.129 e. The summed E-state index contributed by atoms with van der Waals surface area (Å²) < 4.78 is 0.706. The fraction of sp³-hybridized carbons (Fsp3) is 0.333. The van der Waals surface area contributed by atoms with Gasteiger partial charge in [-0.1, -0.05) is 6.07 Å². The van der Waals surface area contributed by atoms with Crippen molar-refractivity contribution in [3.05, 3.63) is 28.2 Å². The Bertz CT molecular complexity index is 261. The predicted molar refractivity (Wildman–Crippen MR) is 51.2 cm³/mol. The highest BCUT2D eigenvalue weighted by molar-refractivity contribution is 9.10. The Labute approximate surface area is 80.0 Å². The second-order valence-electron chi connectivity index (χ2n) is 2.61. The number of phenols is 1. The molecule has 2 nitrogen and oxygen atoms in total. The Kier molecular flexibility index (Phi) is 3.56. The predicted octanol–water partition coefficient (Wildman–Crippen LogP) is 2.08. The van der Waals surface area contributed by atoms with E-state index in [2.05, 4.69) is 15.9 Å².